The number of aryl methyl sites for hydroxylation is 2. The van der Waals surface area contributed by atoms with Gasteiger partial charge < -0.3 is 0 Å². The van der Waals surface area contributed by atoms with Gasteiger partial charge in [0.1, 0.15) is 5.69 Å². The lowest BCUT2D eigenvalue weighted by molar-refractivity contribution is -0.712. The van der Waals surface area contributed by atoms with E-state index in [1.165, 1.54) is 0 Å². The Kier molecular flexibility index (Phi) is 2.63. The van der Waals surface area contributed by atoms with Crippen molar-refractivity contribution in [3.8, 4) is 0 Å². The maximum absolute atomic E-state index is 11.6. The molecule has 1 aromatic rings. The lowest BCUT2D eigenvalue weighted by Crippen LogP contribution is -2.53. The summed E-state index contributed by atoms with van der Waals surface area (Å²) < 4.78 is 3.47. The molecule has 0 aliphatic carbocycles. The number of aromatic nitrogens is 2. The Morgan fingerprint density at radius 3 is 2.67 bits per heavy atom. The van der Waals surface area contributed by atoms with Crippen LogP contribution >= 0.6 is 0 Å². The molecular weight excluding hydrogens is 152 g/mol. The molecule has 0 N–H and O–H groups in total. The SMILES string of the molecule is CCn1c(C)cc[n+](CC)c1=O. The molecule has 0 aromatic carbocycles. The molecule has 66 valence electrons. The first-order valence-corrected chi connectivity index (χ1v) is 4.30. The average Bonchev–Trinajstić information content (AvgIpc) is 2.06. The van der Waals surface area contributed by atoms with E-state index in [1.807, 2.05) is 33.0 Å². The Morgan fingerprint density at radius 1 is 1.50 bits per heavy atom. The summed E-state index contributed by atoms with van der Waals surface area (Å²) in [5, 5.41) is 0. The van der Waals surface area contributed by atoms with Crippen LogP contribution in [0.2, 0.25) is 0 Å². The van der Waals surface area contributed by atoms with Crippen LogP contribution in [0.4, 0.5) is 0 Å². The van der Waals surface area contributed by atoms with E-state index in [0.29, 0.717) is 0 Å². The number of hydrogen-bond acceptors (Lipinski definition) is 1. The summed E-state index contributed by atoms with van der Waals surface area (Å²) in [6.45, 7) is 7.38. The fourth-order valence-electron chi connectivity index (χ4n) is 1.28. The summed E-state index contributed by atoms with van der Waals surface area (Å²) in [4.78, 5) is 11.6. The first-order valence-electron chi connectivity index (χ1n) is 4.30. The molecular formula is C9H15N2O+. The highest BCUT2D eigenvalue weighted by molar-refractivity contribution is 4.94. The van der Waals surface area contributed by atoms with Crippen molar-refractivity contribution in [2.75, 3.05) is 0 Å². The van der Waals surface area contributed by atoms with Gasteiger partial charge in [-0.1, -0.05) is 0 Å². The third kappa shape index (κ3) is 1.40. The van der Waals surface area contributed by atoms with Crippen LogP contribution in [0.1, 0.15) is 19.5 Å². The van der Waals surface area contributed by atoms with E-state index in [0.717, 1.165) is 18.8 Å². The molecule has 0 spiro atoms. The van der Waals surface area contributed by atoms with Crippen molar-refractivity contribution in [1.82, 2.24) is 4.57 Å². The van der Waals surface area contributed by atoms with Gasteiger partial charge in [-0.05, 0) is 20.8 Å². The Morgan fingerprint density at radius 2 is 2.17 bits per heavy atom. The minimum absolute atomic E-state index is 0.0833. The maximum Gasteiger partial charge on any atom is 0.498 e. The van der Waals surface area contributed by atoms with Crippen LogP contribution in [0.3, 0.4) is 0 Å². The second-order valence-corrected chi connectivity index (χ2v) is 2.77. The summed E-state index contributed by atoms with van der Waals surface area (Å²) in [6, 6.07) is 1.97. The van der Waals surface area contributed by atoms with Crippen LogP contribution in [-0.2, 0) is 13.1 Å². The Labute approximate surface area is 72.3 Å². The highest BCUT2D eigenvalue weighted by Gasteiger charge is 2.09. The van der Waals surface area contributed by atoms with Crippen molar-refractivity contribution in [2.45, 2.75) is 33.9 Å². The molecule has 0 aliphatic rings. The molecule has 0 fully saturated rings. The zero-order valence-corrected chi connectivity index (χ0v) is 7.87. The van der Waals surface area contributed by atoms with E-state index in [4.69, 9.17) is 0 Å². The number of hydrogen-bond donors (Lipinski definition) is 0. The topological polar surface area (TPSA) is 25.9 Å². The Bertz CT molecular complexity index is 328. The molecule has 0 aliphatic heterocycles. The van der Waals surface area contributed by atoms with Gasteiger partial charge in [-0.15, -0.1) is 0 Å². The lowest BCUT2D eigenvalue weighted by Gasteiger charge is -2.00. The van der Waals surface area contributed by atoms with Crippen LogP contribution in [0.5, 0.6) is 0 Å². The summed E-state index contributed by atoms with van der Waals surface area (Å²) in [6.07, 6.45) is 1.84. The number of rotatable bonds is 2. The van der Waals surface area contributed by atoms with Gasteiger partial charge in [0.05, 0.1) is 19.3 Å². The Balaban J connectivity index is 3.34. The molecule has 0 saturated heterocycles. The van der Waals surface area contributed by atoms with Gasteiger partial charge in [0.25, 0.3) is 0 Å². The third-order valence-corrected chi connectivity index (χ3v) is 2.05. The summed E-state index contributed by atoms with van der Waals surface area (Å²) >= 11 is 0. The molecule has 0 atom stereocenters. The molecule has 1 heterocycles. The minimum Gasteiger partial charge on any atom is -0.198 e. The monoisotopic (exact) mass is 167 g/mol. The molecule has 0 unspecified atom stereocenters. The van der Waals surface area contributed by atoms with Crippen molar-refractivity contribution >= 4 is 0 Å². The van der Waals surface area contributed by atoms with Gasteiger partial charge in [-0.25, -0.2) is 0 Å². The van der Waals surface area contributed by atoms with Crippen LogP contribution in [0, 0.1) is 6.92 Å². The molecule has 1 rings (SSSR count). The second-order valence-electron chi connectivity index (χ2n) is 2.77. The van der Waals surface area contributed by atoms with Crippen molar-refractivity contribution in [2.24, 2.45) is 0 Å². The molecule has 1 aromatic heterocycles. The predicted molar refractivity (Wildman–Crippen MR) is 47.0 cm³/mol. The second kappa shape index (κ2) is 3.52. The fourth-order valence-corrected chi connectivity index (χ4v) is 1.28. The van der Waals surface area contributed by atoms with Crippen LogP contribution in [0.15, 0.2) is 17.1 Å². The molecule has 0 saturated carbocycles. The van der Waals surface area contributed by atoms with Crippen LogP contribution in [-0.4, -0.2) is 4.57 Å². The Hall–Kier alpha value is -1.12. The summed E-state index contributed by atoms with van der Waals surface area (Å²) in [5.74, 6) is 0. The van der Waals surface area contributed by atoms with Crippen molar-refractivity contribution in [3.63, 3.8) is 0 Å². The standard InChI is InChI=1S/C9H15N2O/c1-4-10-7-6-8(3)11(5-2)9(10)12/h6-7H,4-5H2,1-3H3/q+1. The van der Waals surface area contributed by atoms with Crippen molar-refractivity contribution in [3.05, 3.63) is 28.4 Å². The van der Waals surface area contributed by atoms with Crippen LogP contribution < -0.4 is 10.3 Å². The first kappa shape index (κ1) is 8.97. The highest BCUT2D eigenvalue weighted by atomic mass is 16.1. The van der Waals surface area contributed by atoms with Crippen molar-refractivity contribution in [1.29, 1.82) is 0 Å². The van der Waals surface area contributed by atoms with E-state index in [-0.39, 0.29) is 5.69 Å². The van der Waals surface area contributed by atoms with Gasteiger partial charge in [0, 0.05) is 6.07 Å². The average molecular weight is 167 g/mol. The molecule has 0 radical (unpaired) electrons. The van der Waals surface area contributed by atoms with Gasteiger partial charge >= 0.3 is 5.69 Å². The largest absolute Gasteiger partial charge is 0.498 e. The maximum atomic E-state index is 11.6. The third-order valence-electron chi connectivity index (χ3n) is 2.05. The minimum atomic E-state index is 0.0833. The summed E-state index contributed by atoms with van der Waals surface area (Å²) in [5.41, 5.74) is 1.10. The highest BCUT2D eigenvalue weighted by Crippen LogP contribution is 1.89. The molecule has 12 heavy (non-hydrogen) atoms. The first-order chi connectivity index (χ1) is 5.70. The number of nitrogens with zero attached hydrogens (tertiary/aromatic N) is 2. The zero-order valence-electron chi connectivity index (χ0n) is 7.87. The van der Waals surface area contributed by atoms with E-state index in [9.17, 15) is 4.79 Å². The molecule has 0 amide bonds. The van der Waals surface area contributed by atoms with E-state index >= 15 is 0 Å². The smallest absolute Gasteiger partial charge is 0.198 e. The van der Waals surface area contributed by atoms with Gasteiger partial charge in [0.15, 0.2) is 0 Å². The van der Waals surface area contributed by atoms with Crippen LogP contribution in [0.25, 0.3) is 0 Å². The molecule has 3 heteroatoms. The quantitative estimate of drug-likeness (QED) is 0.588. The predicted octanol–water partition coefficient (Wildman–Crippen LogP) is 0.484. The van der Waals surface area contributed by atoms with Gasteiger partial charge in [-0.3, -0.25) is 0 Å². The van der Waals surface area contributed by atoms with Gasteiger partial charge in [0.2, 0.25) is 0 Å². The molecule has 0 bridgehead atoms. The normalized spacial score (nSPS) is 10.2. The molecule has 3 nitrogen and oxygen atoms in total. The fraction of sp³-hybridized carbons (Fsp3) is 0.556. The summed E-state index contributed by atoms with van der Waals surface area (Å²) in [7, 11) is 0. The van der Waals surface area contributed by atoms with E-state index < -0.39 is 0 Å². The van der Waals surface area contributed by atoms with Crippen molar-refractivity contribution < 1.29 is 4.57 Å². The zero-order chi connectivity index (χ0) is 9.14. The lowest BCUT2D eigenvalue weighted by atomic mass is 10.4. The van der Waals surface area contributed by atoms with E-state index in [2.05, 4.69) is 0 Å². The van der Waals surface area contributed by atoms with Gasteiger partial charge in [-0.2, -0.15) is 13.9 Å². The van der Waals surface area contributed by atoms with E-state index in [1.54, 1.807) is 9.13 Å².